The molecule has 0 aliphatic carbocycles. The van der Waals surface area contributed by atoms with Gasteiger partial charge in [-0.1, -0.05) is 27.7 Å². The molecule has 1 aliphatic heterocycles. The number of aromatic nitrogens is 2. The maximum Gasteiger partial charge on any atom is 0.414 e. The highest BCUT2D eigenvalue weighted by molar-refractivity contribution is 6.74. The van der Waals surface area contributed by atoms with Gasteiger partial charge in [0.05, 0.1) is 40.4 Å². The Hall–Kier alpha value is -4.45. The molecule has 248 valence electrons. The molecule has 0 unspecified atom stereocenters. The Kier molecular flexibility index (Phi) is 9.78. The predicted octanol–water partition coefficient (Wildman–Crippen LogP) is 8.45. The zero-order valence-electron chi connectivity index (χ0n) is 29.4. The van der Waals surface area contributed by atoms with E-state index < -0.39 is 25.4 Å². The van der Waals surface area contributed by atoms with Crippen molar-refractivity contribution in [1.29, 1.82) is 10.5 Å². The Balaban J connectivity index is 1.80. The van der Waals surface area contributed by atoms with Crippen LogP contribution in [0, 0.1) is 22.7 Å². The zero-order valence-corrected chi connectivity index (χ0v) is 30.4. The van der Waals surface area contributed by atoms with E-state index in [-0.39, 0.29) is 11.1 Å². The number of nitrogens with one attached hydrogen (secondary N) is 1. The van der Waals surface area contributed by atoms with Crippen LogP contribution in [0.2, 0.25) is 18.1 Å². The van der Waals surface area contributed by atoms with Crippen molar-refractivity contribution in [2.24, 2.45) is 0 Å². The third-order valence-corrected chi connectivity index (χ3v) is 13.0. The third-order valence-electron chi connectivity index (χ3n) is 8.50. The molecule has 4 rings (SSSR count). The first-order valence-electron chi connectivity index (χ1n) is 15.8. The summed E-state index contributed by atoms with van der Waals surface area (Å²) in [6.07, 6.45) is 1.04. The highest BCUT2D eigenvalue weighted by Crippen LogP contribution is 2.47. The van der Waals surface area contributed by atoms with E-state index in [1.165, 1.54) is 0 Å². The maximum absolute atomic E-state index is 13.6. The summed E-state index contributed by atoms with van der Waals surface area (Å²) in [5.41, 5.74) is 2.64. The number of nitriles is 2. The van der Waals surface area contributed by atoms with E-state index in [1.807, 2.05) is 40.7 Å². The number of anilines is 3. The van der Waals surface area contributed by atoms with Crippen molar-refractivity contribution in [3.05, 3.63) is 59.3 Å². The Morgan fingerprint density at radius 2 is 1.79 bits per heavy atom. The van der Waals surface area contributed by atoms with Gasteiger partial charge >= 0.3 is 6.09 Å². The van der Waals surface area contributed by atoms with E-state index in [2.05, 4.69) is 63.2 Å². The third kappa shape index (κ3) is 7.93. The second-order valence-corrected chi connectivity index (χ2v) is 19.9. The molecular weight excluding hydrogens is 609 g/mol. The van der Waals surface area contributed by atoms with Crippen LogP contribution in [0.15, 0.2) is 42.6 Å². The highest BCUT2D eigenvalue weighted by atomic mass is 28.4. The normalized spacial score (nSPS) is 16.3. The van der Waals surface area contributed by atoms with Crippen molar-refractivity contribution in [2.45, 2.75) is 97.6 Å². The van der Waals surface area contributed by atoms with Crippen LogP contribution in [0.4, 0.5) is 22.1 Å². The Bertz CT molecular complexity index is 1750. The molecule has 0 fully saturated rings. The van der Waals surface area contributed by atoms with Gasteiger partial charge in [-0.3, -0.25) is 4.90 Å². The van der Waals surface area contributed by atoms with Gasteiger partial charge in [-0.05, 0) is 94.7 Å². The number of carbonyl (C=O) groups is 1. The van der Waals surface area contributed by atoms with Crippen LogP contribution < -0.4 is 15.0 Å². The first kappa shape index (κ1) is 35.4. The molecule has 47 heavy (non-hydrogen) atoms. The van der Waals surface area contributed by atoms with Gasteiger partial charge in [0.25, 0.3) is 0 Å². The number of fused-ring (bicyclic) bond motifs is 1. The van der Waals surface area contributed by atoms with Crippen LogP contribution in [0.3, 0.4) is 0 Å². The van der Waals surface area contributed by atoms with Crippen LogP contribution in [0.25, 0.3) is 11.3 Å². The molecule has 1 N–H and O–H groups in total. The lowest BCUT2D eigenvalue weighted by molar-refractivity contribution is 0.0575. The fourth-order valence-corrected chi connectivity index (χ4v) is 6.15. The molecule has 1 aliphatic rings. The maximum atomic E-state index is 13.6. The summed E-state index contributed by atoms with van der Waals surface area (Å²) >= 11 is 0. The molecule has 0 spiro atoms. The van der Waals surface area contributed by atoms with Crippen molar-refractivity contribution in [3.8, 4) is 29.1 Å². The Labute approximate surface area is 279 Å². The lowest BCUT2D eigenvalue weighted by Crippen LogP contribution is -2.46. The van der Waals surface area contributed by atoms with E-state index in [0.717, 1.165) is 5.56 Å². The first-order chi connectivity index (χ1) is 21.8. The van der Waals surface area contributed by atoms with E-state index in [0.29, 0.717) is 58.6 Å². The monoisotopic (exact) mass is 654 g/mol. The first-order valence-corrected chi connectivity index (χ1v) is 18.7. The van der Waals surface area contributed by atoms with E-state index in [1.54, 1.807) is 41.4 Å². The van der Waals surface area contributed by atoms with Crippen molar-refractivity contribution in [2.75, 3.05) is 23.4 Å². The number of rotatable bonds is 8. The highest BCUT2D eigenvalue weighted by Gasteiger charge is 2.47. The Morgan fingerprint density at radius 1 is 1.09 bits per heavy atom. The topological polar surface area (TPSA) is 133 Å². The van der Waals surface area contributed by atoms with Gasteiger partial charge in [0, 0.05) is 30.3 Å². The fraction of sp³-hybridized carbons (Fsp3) is 0.472. The number of carbonyl (C=O) groups excluding carboxylic acids is 1. The van der Waals surface area contributed by atoms with Crippen LogP contribution in [0.5, 0.6) is 5.75 Å². The minimum absolute atomic E-state index is 0.00744. The average molecular weight is 655 g/mol. The minimum atomic E-state index is -2.15. The van der Waals surface area contributed by atoms with Gasteiger partial charge in [-0.2, -0.15) is 10.5 Å². The van der Waals surface area contributed by atoms with E-state index in [4.69, 9.17) is 18.9 Å². The predicted molar refractivity (Wildman–Crippen MR) is 186 cm³/mol. The molecule has 1 aromatic heterocycles. The number of ether oxygens (including phenoxy) is 2. The number of benzene rings is 2. The van der Waals surface area contributed by atoms with Gasteiger partial charge in [-0.15, -0.1) is 0 Å². The lowest BCUT2D eigenvalue weighted by Gasteiger charge is -2.39. The Morgan fingerprint density at radius 3 is 2.38 bits per heavy atom. The van der Waals surface area contributed by atoms with Crippen LogP contribution in [-0.2, 0) is 14.6 Å². The molecule has 0 saturated carbocycles. The molecule has 0 bridgehead atoms. The summed E-state index contributed by atoms with van der Waals surface area (Å²) in [5, 5.41) is 23.1. The SMILES string of the molecule is CC(C)Oc1ccc(C#N)cc1Nc1nccc(-c2cc(C#N)c3c(c2)[C@@](C)(CO[Si](C)(C)C(C)(C)C)CN3C(=O)OC(C)(C)C)n1. The van der Waals surface area contributed by atoms with Crippen molar-refractivity contribution >= 4 is 31.7 Å². The molecule has 11 heteroatoms. The smallest absolute Gasteiger partial charge is 0.414 e. The quantitative estimate of drug-likeness (QED) is 0.237. The zero-order chi connectivity index (χ0) is 34.9. The average Bonchev–Trinajstić information content (AvgIpc) is 3.28. The molecular formula is C36H46N6O4Si. The number of hydrogen-bond acceptors (Lipinski definition) is 9. The number of nitrogens with zero attached hydrogens (tertiary/aromatic N) is 5. The number of amides is 1. The summed E-state index contributed by atoms with van der Waals surface area (Å²) in [7, 11) is -2.15. The van der Waals surface area contributed by atoms with Crippen molar-refractivity contribution in [1.82, 2.24) is 9.97 Å². The van der Waals surface area contributed by atoms with Gasteiger partial charge in [0.2, 0.25) is 5.95 Å². The number of hydrogen-bond donors (Lipinski definition) is 1. The van der Waals surface area contributed by atoms with Crippen molar-refractivity contribution in [3.63, 3.8) is 0 Å². The van der Waals surface area contributed by atoms with Gasteiger partial charge in [0.15, 0.2) is 8.32 Å². The largest absolute Gasteiger partial charge is 0.489 e. The van der Waals surface area contributed by atoms with Crippen LogP contribution in [-0.4, -0.2) is 49.2 Å². The fourth-order valence-electron chi connectivity index (χ4n) is 5.04. The lowest BCUT2D eigenvalue weighted by atomic mass is 9.83. The van der Waals surface area contributed by atoms with E-state index in [9.17, 15) is 15.3 Å². The molecule has 10 nitrogen and oxygen atoms in total. The molecule has 3 aromatic rings. The minimum Gasteiger partial charge on any atom is -0.489 e. The summed E-state index contributed by atoms with van der Waals surface area (Å²) in [6, 6.07) is 15.1. The molecule has 1 amide bonds. The van der Waals surface area contributed by atoms with E-state index >= 15 is 0 Å². The molecule has 1 atom stereocenters. The standard InChI is InChI=1S/C36H46N6O4Si/c1-23(2)45-30-13-12-24(19-37)16-29(30)41-32-39-15-14-28(40-32)25-17-26(20-38)31-27(18-25)36(9,22-44-47(10,11)35(6,7)8)21-42(31)33(43)46-34(3,4)5/h12-18,23H,21-22H2,1-11H3,(H,39,40,41)/t36-/m1/s1. The van der Waals surface area contributed by atoms with Gasteiger partial charge in [0.1, 0.15) is 17.4 Å². The molecule has 0 radical (unpaired) electrons. The van der Waals surface area contributed by atoms with Crippen LogP contribution in [0.1, 0.15) is 79.0 Å². The van der Waals surface area contributed by atoms with Crippen LogP contribution >= 0.6 is 0 Å². The summed E-state index contributed by atoms with van der Waals surface area (Å²) in [5.74, 6) is 0.863. The summed E-state index contributed by atoms with van der Waals surface area (Å²) in [4.78, 5) is 24.3. The molecule has 0 saturated heterocycles. The van der Waals surface area contributed by atoms with Crippen molar-refractivity contribution < 1.29 is 18.7 Å². The summed E-state index contributed by atoms with van der Waals surface area (Å²) < 4.78 is 18.5. The van der Waals surface area contributed by atoms with Gasteiger partial charge in [-0.25, -0.2) is 14.8 Å². The molecule has 2 heterocycles. The molecule has 2 aromatic carbocycles. The van der Waals surface area contributed by atoms with Gasteiger partial charge < -0.3 is 19.2 Å². The second-order valence-electron chi connectivity index (χ2n) is 15.1. The summed E-state index contributed by atoms with van der Waals surface area (Å²) in [6.45, 7) is 23.0. The second kappa shape index (κ2) is 13.0.